The molecule has 1 aromatic heterocycles. The van der Waals surface area contributed by atoms with Gasteiger partial charge in [-0.25, -0.2) is 0 Å². The Labute approximate surface area is 302 Å². The molecule has 1 heterocycles. The molecule has 2 heteroatoms. The first-order valence-electron chi connectivity index (χ1n) is 17.8. The molecule has 0 spiro atoms. The van der Waals surface area contributed by atoms with E-state index in [1.54, 1.807) is 0 Å². The van der Waals surface area contributed by atoms with Gasteiger partial charge in [0, 0.05) is 27.8 Å². The van der Waals surface area contributed by atoms with Gasteiger partial charge in [0.15, 0.2) is 0 Å². The van der Waals surface area contributed by atoms with Crippen LogP contribution >= 0.6 is 0 Å². The summed E-state index contributed by atoms with van der Waals surface area (Å²) in [5.74, 6) is 0. The van der Waals surface area contributed by atoms with Crippen LogP contribution in [0.4, 0.5) is 17.1 Å². The Hall–Kier alpha value is -6.90. The van der Waals surface area contributed by atoms with Gasteiger partial charge < -0.3 is 9.32 Å². The second-order valence-corrected chi connectivity index (χ2v) is 13.3. The van der Waals surface area contributed by atoms with Crippen LogP contribution in [0.5, 0.6) is 0 Å². The first kappa shape index (κ1) is 30.0. The van der Waals surface area contributed by atoms with Crippen molar-refractivity contribution in [1.29, 1.82) is 0 Å². The van der Waals surface area contributed by atoms with E-state index in [2.05, 4.69) is 205 Å². The van der Waals surface area contributed by atoms with E-state index in [0.717, 1.165) is 39.0 Å². The number of anilines is 3. The van der Waals surface area contributed by atoms with Gasteiger partial charge in [-0.2, -0.15) is 0 Å². The summed E-state index contributed by atoms with van der Waals surface area (Å²) >= 11 is 0. The molecule has 52 heavy (non-hydrogen) atoms. The summed E-state index contributed by atoms with van der Waals surface area (Å²) in [7, 11) is 0. The van der Waals surface area contributed by atoms with Crippen LogP contribution in [0.3, 0.4) is 0 Å². The zero-order valence-electron chi connectivity index (χ0n) is 28.4. The van der Waals surface area contributed by atoms with E-state index in [1.165, 1.54) is 54.9 Å². The molecule has 0 fully saturated rings. The Morgan fingerprint density at radius 1 is 0.308 bits per heavy atom. The van der Waals surface area contributed by atoms with E-state index < -0.39 is 0 Å². The van der Waals surface area contributed by atoms with Crippen LogP contribution in [0.1, 0.15) is 0 Å². The van der Waals surface area contributed by atoms with Crippen LogP contribution in [0.25, 0.3) is 76.9 Å². The number of furan rings is 1. The summed E-state index contributed by atoms with van der Waals surface area (Å²) in [5, 5.41) is 7.04. The Morgan fingerprint density at radius 2 is 0.865 bits per heavy atom. The molecule has 0 radical (unpaired) electrons. The summed E-state index contributed by atoms with van der Waals surface area (Å²) in [6.07, 6.45) is 0. The molecule has 10 rings (SSSR count). The lowest BCUT2D eigenvalue weighted by Gasteiger charge is -2.26. The maximum atomic E-state index is 6.50. The van der Waals surface area contributed by atoms with Gasteiger partial charge in [0.2, 0.25) is 0 Å². The molecule has 2 nitrogen and oxygen atoms in total. The normalized spacial score (nSPS) is 11.5. The molecule has 10 aromatic rings. The zero-order valence-corrected chi connectivity index (χ0v) is 28.4. The highest BCUT2D eigenvalue weighted by atomic mass is 16.3. The molecule has 0 aliphatic rings. The predicted octanol–water partition coefficient (Wildman–Crippen LogP) is 14.4. The lowest BCUT2D eigenvalue weighted by atomic mass is 9.95. The molecule has 9 aromatic carbocycles. The number of hydrogen-bond acceptors (Lipinski definition) is 2. The molecule has 0 saturated heterocycles. The molecule has 0 bridgehead atoms. The summed E-state index contributed by atoms with van der Waals surface area (Å²) in [4.78, 5) is 2.36. The van der Waals surface area contributed by atoms with E-state index in [0.29, 0.717) is 0 Å². The fourth-order valence-electron chi connectivity index (χ4n) is 7.69. The van der Waals surface area contributed by atoms with Crippen LogP contribution in [0, 0.1) is 0 Å². The van der Waals surface area contributed by atoms with Crippen molar-refractivity contribution in [2.45, 2.75) is 0 Å². The Balaban J connectivity index is 1.15. The molecular formula is C50H33NO. The van der Waals surface area contributed by atoms with Crippen molar-refractivity contribution >= 4 is 60.5 Å². The first-order chi connectivity index (χ1) is 25.8. The third kappa shape index (κ3) is 5.21. The molecule has 0 aliphatic carbocycles. The number of benzene rings is 9. The van der Waals surface area contributed by atoms with E-state index in [1.807, 2.05) is 0 Å². The second kappa shape index (κ2) is 12.5. The SMILES string of the molecule is c1ccc(-c2ccc(N(c3ccc4cc(-c5ccccc5)ccc4c3)c3ccc4oc5ccc6c(-c7ccccc7)cccc6c5c4c3)cc2)cc1. The van der Waals surface area contributed by atoms with Crippen LogP contribution in [-0.2, 0) is 0 Å². The summed E-state index contributed by atoms with van der Waals surface area (Å²) in [6, 6.07) is 71.7. The van der Waals surface area contributed by atoms with E-state index in [-0.39, 0.29) is 0 Å². The molecule has 0 saturated carbocycles. The van der Waals surface area contributed by atoms with Crippen LogP contribution in [0.2, 0.25) is 0 Å². The average Bonchev–Trinajstić information content (AvgIpc) is 3.60. The van der Waals surface area contributed by atoms with Gasteiger partial charge in [-0.05, 0) is 110 Å². The Bertz CT molecular complexity index is 2870. The van der Waals surface area contributed by atoms with Crippen LogP contribution in [-0.4, -0.2) is 0 Å². The van der Waals surface area contributed by atoms with E-state index in [4.69, 9.17) is 4.42 Å². The third-order valence-electron chi connectivity index (χ3n) is 10.2. The highest BCUT2D eigenvalue weighted by molar-refractivity contribution is 6.21. The number of fused-ring (bicyclic) bond motifs is 6. The number of hydrogen-bond donors (Lipinski definition) is 0. The van der Waals surface area contributed by atoms with Crippen molar-refractivity contribution in [2.24, 2.45) is 0 Å². The van der Waals surface area contributed by atoms with Crippen LogP contribution in [0.15, 0.2) is 205 Å². The maximum Gasteiger partial charge on any atom is 0.136 e. The molecule has 0 atom stereocenters. The van der Waals surface area contributed by atoms with Gasteiger partial charge in [-0.15, -0.1) is 0 Å². The van der Waals surface area contributed by atoms with Crippen molar-refractivity contribution in [2.75, 3.05) is 4.90 Å². The van der Waals surface area contributed by atoms with Crippen molar-refractivity contribution in [1.82, 2.24) is 0 Å². The Kier molecular flexibility index (Phi) is 7.18. The zero-order chi connectivity index (χ0) is 34.4. The quantitative estimate of drug-likeness (QED) is 0.176. The van der Waals surface area contributed by atoms with Crippen molar-refractivity contribution in [3.05, 3.63) is 200 Å². The highest BCUT2D eigenvalue weighted by Crippen LogP contribution is 2.43. The van der Waals surface area contributed by atoms with Gasteiger partial charge in [-0.1, -0.05) is 146 Å². The standard InChI is InChI=1S/C50H33NO/c1-4-11-34(12-5-1)36-21-24-41(25-22-36)51(42-26-23-39-31-38(19-20-40(39)32-42)35-13-6-2-7-14-35)43-27-29-48-47(33-43)50-46-18-10-17-44(37-15-8-3-9-16-37)45(46)28-30-49(50)52-48/h1-33H. The smallest absolute Gasteiger partial charge is 0.136 e. The van der Waals surface area contributed by atoms with Crippen molar-refractivity contribution in [3.63, 3.8) is 0 Å². The minimum absolute atomic E-state index is 0.877. The van der Waals surface area contributed by atoms with Crippen LogP contribution < -0.4 is 4.90 Å². The maximum absolute atomic E-state index is 6.50. The Morgan fingerprint density at radius 3 is 1.62 bits per heavy atom. The highest BCUT2D eigenvalue weighted by Gasteiger charge is 2.18. The van der Waals surface area contributed by atoms with Crippen molar-refractivity contribution < 1.29 is 4.42 Å². The van der Waals surface area contributed by atoms with E-state index >= 15 is 0 Å². The second-order valence-electron chi connectivity index (χ2n) is 13.3. The monoisotopic (exact) mass is 663 g/mol. The topological polar surface area (TPSA) is 16.4 Å². The van der Waals surface area contributed by atoms with Gasteiger partial charge in [0.1, 0.15) is 11.2 Å². The fourth-order valence-corrected chi connectivity index (χ4v) is 7.69. The predicted molar refractivity (Wildman–Crippen MR) is 220 cm³/mol. The van der Waals surface area contributed by atoms with E-state index in [9.17, 15) is 0 Å². The summed E-state index contributed by atoms with van der Waals surface area (Å²) in [5.41, 5.74) is 12.3. The molecule has 0 aliphatic heterocycles. The van der Waals surface area contributed by atoms with Crippen molar-refractivity contribution in [3.8, 4) is 33.4 Å². The molecule has 0 amide bonds. The third-order valence-corrected chi connectivity index (χ3v) is 10.2. The largest absolute Gasteiger partial charge is 0.456 e. The van der Waals surface area contributed by atoms with Gasteiger partial charge >= 0.3 is 0 Å². The number of rotatable bonds is 6. The average molecular weight is 664 g/mol. The fraction of sp³-hybridized carbons (Fsp3) is 0. The van der Waals surface area contributed by atoms with Gasteiger partial charge in [0.05, 0.1) is 0 Å². The minimum Gasteiger partial charge on any atom is -0.456 e. The van der Waals surface area contributed by atoms with Gasteiger partial charge in [-0.3, -0.25) is 0 Å². The molecule has 0 unspecified atom stereocenters. The molecular weight excluding hydrogens is 631 g/mol. The first-order valence-corrected chi connectivity index (χ1v) is 17.8. The lowest BCUT2D eigenvalue weighted by Crippen LogP contribution is -2.09. The minimum atomic E-state index is 0.877. The molecule has 0 N–H and O–H groups in total. The lowest BCUT2D eigenvalue weighted by molar-refractivity contribution is 0.669. The summed E-state index contributed by atoms with van der Waals surface area (Å²) in [6.45, 7) is 0. The van der Waals surface area contributed by atoms with Gasteiger partial charge in [0.25, 0.3) is 0 Å². The molecule has 244 valence electrons. The summed E-state index contributed by atoms with van der Waals surface area (Å²) < 4.78 is 6.50. The number of nitrogens with zero attached hydrogens (tertiary/aromatic N) is 1.